The molecule has 1 heterocycles. The molecule has 0 spiro atoms. The van der Waals surface area contributed by atoms with Crippen LogP contribution in [0.4, 0.5) is 19.3 Å². The molecule has 0 aliphatic rings. The van der Waals surface area contributed by atoms with Gasteiger partial charge in [0.1, 0.15) is 11.6 Å². The lowest BCUT2D eigenvalue weighted by Crippen LogP contribution is -2.21. The van der Waals surface area contributed by atoms with Crippen molar-refractivity contribution in [2.45, 2.75) is 6.92 Å². The van der Waals surface area contributed by atoms with Crippen LogP contribution in [-0.2, 0) is 0 Å². The van der Waals surface area contributed by atoms with E-state index in [1.54, 1.807) is 25.3 Å². The number of nitrogens with one attached hydrogen (secondary N) is 1. The van der Waals surface area contributed by atoms with Gasteiger partial charge in [-0.3, -0.25) is 9.36 Å². The van der Waals surface area contributed by atoms with Crippen molar-refractivity contribution >= 4 is 11.7 Å². The minimum atomic E-state index is -0.913. The van der Waals surface area contributed by atoms with E-state index >= 15 is 0 Å². The van der Waals surface area contributed by atoms with Crippen molar-refractivity contribution in [3.8, 4) is 16.8 Å². The first-order valence-corrected chi connectivity index (χ1v) is 7.71. The Morgan fingerprint density at radius 1 is 1.08 bits per heavy atom. The average molecular weight is 355 g/mol. The number of pyridine rings is 1. The summed E-state index contributed by atoms with van der Waals surface area (Å²) in [4.78, 5) is 23.4. The summed E-state index contributed by atoms with van der Waals surface area (Å²) in [6.45, 7) is 1.77. The quantitative estimate of drug-likeness (QED) is 0.753. The monoisotopic (exact) mass is 355 g/mol. The van der Waals surface area contributed by atoms with Crippen LogP contribution in [0.5, 0.6) is 0 Å². The Bertz CT molecular complexity index is 1040. The molecule has 0 saturated carbocycles. The van der Waals surface area contributed by atoms with E-state index < -0.39 is 11.8 Å². The van der Waals surface area contributed by atoms with E-state index in [9.17, 15) is 18.4 Å². The molecule has 0 unspecified atom stereocenters. The van der Waals surface area contributed by atoms with Crippen molar-refractivity contribution in [1.29, 1.82) is 0 Å². The highest BCUT2D eigenvalue weighted by Crippen LogP contribution is 2.24. The minimum absolute atomic E-state index is 0.134. The molecule has 2 aromatic carbocycles. The van der Waals surface area contributed by atoms with Crippen LogP contribution in [0.25, 0.3) is 16.8 Å². The normalized spacial score (nSPS) is 10.6. The predicted molar refractivity (Wildman–Crippen MR) is 95.3 cm³/mol. The number of hydrogen-bond acceptors (Lipinski definition) is 2. The molecule has 2 amide bonds. The molecule has 0 atom stereocenters. The molecule has 26 heavy (non-hydrogen) atoms. The van der Waals surface area contributed by atoms with Crippen molar-refractivity contribution in [3.63, 3.8) is 0 Å². The lowest BCUT2D eigenvalue weighted by molar-refractivity contribution is 0.259. The smallest absolute Gasteiger partial charge is 0.316 e. The van der Waals surface area contributed by atoms with Crippen LogP contribution in [0.15, 0.2) is 59.5 Å². The highest BCUT2D eigenvalue weighted by molar-refractivity contribution is 5.88. The molecule has 0 fully saturated rings. The molecular formula is C19H15F2N3O2. The van der Waals surface area contributed by atoms with Crippen molar-refractivity contribution in [2.24, 2.45) is 5.73 Å². The van der Waals surface area contributed by atoms with Crippen LogP contribution in [0.2, 0.25) is 0 Å². The molecule has 1 aromatic heterocycles. The Morgan fingerprint density at radius 3 is 2.42 bits per heavy atom. The summed E-state index contributed by atoms with van der Waals surface area (Å²) < 4.78 is 28.3. The number of urea groups is 1. The molecule has 0 bridgehead atoms. The van der Waals surface area contributed by atoms with Gasteiger partial charge in [0.2, 0.25) is 0 Å². The third-order valence-electron chi connectivity index (χ3n) is 3.90. The Labute approximate surface area is 147 Å². The van der Waals surface area contributed by atoms with Crippen LogP contribution >= 0.6 is 0 Å². The summed E-state index contributed by atoms with van der Waals surface area (Å²) in [5, 5.41) is 2.17. The second kappa shape index (κ2) is 6.79. The zero-order valence-corrected chi connectivity index (χ0v) is 13.8. The number of anilines is 1. The molecule has 5 nitrogen and oxygen atoms in total. The van der Waals surface area contributed by atoms with E-state index in [-0.39, 0.29) is 17.1 Å². The fourth-order valence-corrected chi connectivity index (χ4v) is 2.65. The molecule has 0 radical (unpaired) electrons. The summed E-state index contributed by atoms with van der Waals surface area (Å²) >= 11 is 0. The summed E-state index contributed by atoms with van der Waals surface area (Å²) in [5.74, 6) is -1.04. The Balaban J connectivity index is 2.14. The van der Waals surface area contributed by atoms with Gasteiger partial charge >= 0.3 is 6.03 Å². The SMILES string of the molecule is Cc1cc(=O)n(-c2ccc(F)c(NC(N)=O)c2)cc1-c1ccc(F)cc1. The summed E-state index contributed by atoms with van der Waals surface area (Å²) in [6, 6.07) is 10.2. The molecule has 3 aromatic rings. The van der Waals surface area contributed by atoms with Crippen molar-refractivity contribution in [3.05, 3.63) is 82.3 Å². The first kappa shape index (κ1) is 17.3. The van der Waals surface area contributed by atoms with Gasteiger partial charge in [-0.25, -0.2) is 13.6 Å². The van der Waals surface area contributed by atoms with Crippen LogP contribution in [0, 0.1) is 18.6 Å². The standard InChI is InChI=1S/C19H15F2N3O2/c1-11-8-18(25)24(10-15(11)12-2-4-13(20)5-3-12)14-6-7-16(21)17(9-14)23-19(22)26/h2-10H,1H3,(H3,22,23,26). The third kappa shape index (κ3) is 3.46. The van der Waals surface area contributed by atoms with Gasteiger partial charge < -0.3 is 11.1 Å². The number of amides is 2. The predicted octanol–water partition coefficient (Wildman–Crippen LogP) is 3.58. The Kier molecular flexibility index (Phi) is 4.53. The number of aromatic nitrogens is 1. The minimum Gasteiger partial charge on any atom is -0.351 e. The van der Waals surface area contributed by atoms with Crippen molar-refractivity contribution in [2.75, 3.05) is 5.32 Å². The van der Waals surface area contributed by atoms with E-state index in [4.69, 9.17) is 5.73 Å². The van der Waals surface area contributed by atoms with Crippen molar-refractivity contribution < 1.29 is 13.6 Å². The first-order chi connectivity index (χ1) is 12.3. The number of nitrogens with two attached hydrogens (primary N) is 1. The lowest BCUT2D eigenvalue weighted by Gasteiger charge is -2.13. The number of primary amides is 1. The lowest BCUT2D eigenvalue weighted by atomic mass is 10.0. The van der Waals surface area contributed by atoms with Crippen LogP contribution in [0.1, 0.15) is 5.56 Å². The van der Waals surface area contributed by atoms with E-state index in [1.807, 2.05) is 0 Å². The van der Waals surface area contributed by atoms with Gasteiger partial charge in [-0.15, -0.1) is 0 Å². The molecule has 0 aliphatic heterocycles. The fraction of sp³-hybridized carbons (Fsp3) is 0.0526. The highest BCUT2D eigenvalue weighted by atomic mass is 19.1. The molecule has 132 valence electrons. The zero-order valence-electron chi connectivity index (χ0n) is 13.8. The maximum Gasteiger partial charge on any atom is 0.316 e. The van der Waals surface area contributed by atoms with Gasteiger partial charge in [-0.2, -0.15) is 0 Å². The van der Waals surface area contributed by atoms with E-state index in [0.717, 1.165) is 22.8 Å². The maximum absolute atomic E-state index is 13.8. The van der Waals surface area contributed by atoms with Crippen LogP contribution < -0.4 is 16.6 Å². The largest absolute Gasteiger partial charge is 0.351 e. The average Bonchev–Trinajstić information content (AvgIpc) is 2.58. The molecular weight excluding hydrogens is 340 g/mol. The molecule has 7 heteroatoms. The number of carbonyl (C=O) groups excluding carboxylic acids is 1. The summed E-state index contributed by atoms with van der Waals surface area (Å²) in [6.07, 6.45) is 1.59. The van der Waals surface area contributed by atoms with E-state index in [1.165, 1.54) is 34.9 Å². The summed E-state index contributed by atoms with van der Waals surface area (Å²) in [7, 11) is 0. The second-order valence-corrected chi connectivity index (χ2v) is 5.74. The Hall–Kier alpha value is -3.48. The van der Waals surface area contributed by atoms with Gasteiger partial charge in [0.15, 0.2) is 0 Å². The number of aryl methyl sites for hydroxylation is 1. The van der Waals surface area contributed by atoms with Gasteiger partial charge in [0, 0.05) is 17.8 Å². The number of halogens is 2. The maximum atomic E-state index is 13.8. The number of hydrogen-bond donors (Lipinski definition) is 2. The third-order valence-corrected chi connectivity index (χ3v) is 3.90. The van der Waals surface area contributed by atoms with Gasteiger partial charge in [0.05, 0.1) is 11.4 Å². The molecule has 3 rings (SSSR count). The number of carbonyl (C=O) groups is 1. The number of rotatable bonds is 3. The molecule has 3 N–H and O–H groups in total. The van der Waals surface area contributed by atoms with Gasteiger partial charge in [-0.05, 0) is 48.4 Å². The molecule has 0 saturated heterocycles. The zero-order chi connectivity index (χ0) is 18.8. The molecule has 0 aliphatic carbocycles. The van der Waals surface area contributed by atoms with Crippen LogP contribution in [-0.4, -0.2) is 10.6 Å². The second-order valence-electron chi connectivity index (χ2n) is 5.74. The summed E-state index contributed by atoms with van der Waals surface area (Å²) in [5.41, 5.74) is 7.09. The van der Waals surface area contributed by atoms with Gasteiger partial charge in [0.25, 0.3) is 5.56 Å². The Morgan fingerprint density at radius 2 is 1.77 bits per heavy atom. The fourth-order valence-electron chi connectivity index (χ4n) is 2.65. The topological polar surface area (TPSA) is 77.1 Å². The van der Waals surface area contributed by atoms with Gasteiger partial charge in [-0.1, -0.05) is 12.1 Å². The van der Waals surface area contributed by atoms with E-state index in [0.29, 0.717) is 5.69 Å². The van der Waals surface area contributed by atoms with Crippen LogP contribution in [0.3, 0.4) is 0 Å². The number of benzene rings is 2. The number of nitrogens with zero attached hydrogens (tertiary/aromatic N) is 1. The highest BCUT2D eigenvalue weighted by Gasteiger charge is 2.11. The first-order valence-electron chi connectivity index (χ1n) is 7.71. The van der Waals surface area contributed by atoms with Crippen molar-refractivity contribution in [1.82, 2.24) is 4.57 Å². The van der Waals surface area contributed by atoms with E-state index in [2.05, 4.69) is 5.32 Å².